The number of ether oxygens (including phenoxy) is 1. The molecule has 4 aliphatic carbocycles. The number of hydrogen-bond acceptors (Lipinski definition) is 2. The second-order valence-electron chi connectivity index (χ2n) is 11.8. The van der Waals surface area contributed by atoms with Gasteiger partial charge in [0.05, 0.1) is 7.11 Å². The molecular formula is C30H39NO. The highest BCUT2D eigenvalue weighted by atomic mass is 16.5. The van der Waals surface area contributed by atoms with Crippen LogP contribution in [-0.2, 0) is 11.8 Å². The third-order valence-corrected chi connectivity index (χ3v) is 9.31. The van der Waals surface area contributed by atoms with E-state index in [9.17, 15) is 0 Å². The highest BCUT2D eigenvalue weighted by Crippen LogP contribution is 2.62. The molecule has 2 aromatic carbocycles. The minimum absolute atomic E-state index is 0.353. The maximum atomic E-state index is 5.99. The van der Waals surface area contributed by atoms with Gasteiger partial charge in [-0.3, -0.25) is 0 Å². The summed E-state index contributed by atoms with van der Waals surface area (Å²) in [6.07, 6.45) is 11.0. The largest absolute Gasteiger partial charge is 0.496 e. The van der Waals surface area contributed by atoms with Crippen LogP contribution < -0.4 is 9.64 Å². The molecule has 0 N–H and O–H groups in total. The Kier molecular flexibility index (Phi) is 4.86. The Bertz CT molecular complexity index is 1000. The van der Waals surface area contributed by atoms with Gasteiger partial charge in [-0.1, -0.05) is 19.9 Å². The van der Waals surface area contributed by atoms with Gasteiger partial charge in [0, 0.05) is 23.5 Å². The minimum atomic E-state index is 0.353. The van der Waals surface area contributed by atoms with Gasteiger partial charge in [-0.25, -0.2) is 0 Å². The van der Waals surface area contributed by atoms with Crippen molar-refractivity contribution < 1.29 is 4.74 Å². The summed E-state index contributed by atoms with van der Waals surface area (Å²) in [5, 5.41) is 0. The number of anilines is 2. The molecule has 0 unspecified atom stereocenters. The second kappa shape index (κ2) is 7.54. The first-order chi connectivity index (χ1) is 15.5. The molecule has 0 atom stereocenters. The van der Waals surface area contributed by atoms with Crippen molar-refractivity contribution in [3.8, 4) is 5.75 Å². The Morgan fingerprint density at radius 3 is 2.28 bits per heavy atom. The van der Waals surface area contributed by atoms with Gasteiger partial charge in [0.2, 0.25) is 0 Å². The normalized spacial score (nSPS) is 30.7. The molecule has 0 saturated heterocycles. The van der Waals surface area contributed by atoms with Gasteiger partial charge in [0.1, 0.15) is 5.75 Å². The van der Waals surface area contributed by atoms with Gasteiger partial charge in [-0.15, -0.1) is 0 Å². The Morgan fingerprint density at radius 2 is 1.66 bits per heavy atom. The number of fused-ring (bicyclic) bond motifs is 1. The van der Waals surface area contributed by atoms with E-state index >= 15 is 0 Å². The van der Waals surface area contributed by atoms with E-state index in [1.807, 2.05) is 7.11 Å². The Labute approximate surface area is 194 Å². The maximum absolute atomic E-state index is 5.99. The molecule has 32 heavy (non-hydrogen) atoms. The van der Waals surface area contributed by atoms with Crippen LogP contribution in [0.25, 0.3) is 0 Å². The van der Waals surface area contributed by atoms with Crippen LogP contribution in [0.4, 0.5) is 11.4 Å². The molecule has 7 rings (SSSR count). The molecular weight excluding hydrogens is 390 g/mol. The van der Waals surface area contributed by atoms with Gasteiger partial charge in [-0.05, 0) is 128 Å². The van der Waals surface area contributed by atoms with E-state index in [0.717, 1.165) is 30.0 Å². The zero-order valence-electron chi connectivity index (χ0n) is 20.4. The van der Waals surface area contributed by atoms with Crippen molar-refractivity contribution >= 4 is 11.4 Å². The smallest absolute Gasteiger partial charge is 0.122 e. The first-order valence-electron chi connectivity index (χ1n) is 13.1. The third-order valence-electron chi connectivity index (χ3n) is 9.31. The molecule has 0 aromatic heterocycles. The lowest BCUT2D eigenvalue weighted by Crippen LogP contribution is -2.48. The van der Waals surface area contributed by atoms with E-state index in [1.54, 1.807) is 0 Å². The average Bonchev–Trinajstić information content (AvgIpc) is 2.77. The monoisotopic (exact) mass is 429 g/mol. The fourth-order valence-electron chi connectivity index (χ4n) is 8.37. The van der Waals surface area contributed by atoms with Gasteiger partial charge < -0.3 is 9.64 Å². The number of methoxy groups -OCH3 is 1. The Morgan fingerprint density at radius 1 is 0.969 bits per heavy atom. The van der Waals surface area contributed by atoms with Crippen LogP contribution in [0.5, 0.6) is 5.75 Å². The van der Waals surface area contributed by atoms with Crippen LogP contribution in [-0.4, -0.2) is 13.7 Å². The molecule has 2 aromatic rings. The van der Waals surface area contributed by atoms with Crippen molar-refractivity contribution in [1.29, 1.82) is 0 Å². The SMILES string of the molecule is COc1ccc(N2CCCc3cc(C(C)C)c(C)cc32)cc1C12CC3CC(CC(C3)C1)C2. The zero-order valence-corrected chi connectivity index (χ0v) is 20.4. The van der Waals surface area contributed by atoms with Crippen molar-refractivity contribution in [2.75, 3.05) is 18.6 Å². The fourth-order valence-corrected chi connectivity index (χ4v) is 8.37. The van der Waals surface area contributed by atoms with Crippen molar-refractivity contribution in [2.45, 2.75) is 83.5 Å². The molecule has 4 fully saturated rings. The molecule has 0 spiro atoms. The highest BCUT2D eigenvalue weighted by Gasteiger charge is 2.52. The summed E-state index contributed by atoms with van der Waals surface area (Å²) in [5.74, 6) is 4.55. The van der Waals surface area contributed by atoms with Gasteiger partial charge >= 0.3 is 0 Å². The lowest BCUT2D eigenvalue weighted by atomic mass is 9.48. The van der Waals surface area contributed by atoms with Crippen molar-refractivity contribution in [1.82, 2.24) is 0 Å². The van der Waals surface area contributed by atoms with E-state index in [-0.39, 0.29) is 0 Å². The highest BCUT2D eigenvalue weighted by molar-refractivity contribution is 5.71. The summed E-state index contributed by atoms with van der Waals surface area (Å²) in [7, 11) is 1.87. The predicted molar refractivity (Wildman–Crippen MR) is 133 cm³/mol. The molecule has 5 aliphatic rings. The molecule has 0 amide bonds. The summed E-state index contributed by atoms with van der Waals surface area (Å²) in [6.45, 7) is 8.03. The summed E-state index contributed by atoms with van der Waals surface area (Å²) in [6, 6.07) is 12.1. The summed E-state index contributed by atoms with van der Waals surface area (Å²) < 4.78 is 5.99. The summed E-state index contributed by atoms with van der Waals surface area (Å²) >= 11 is 0. The van der Waals surface area contributed by atoms with E-state index in [0.29, 0.717) is 11.3 Å². The van der Waals surface area contributed by atoms with E-state index in [2.05, 4.69) is 56.0 Å². The first kappa shape index (κ1) is 20.6. The number of nitrogens with zero attached hydrogens (tertiary/aromatic N) is 1. The van der Waals surface area contributed by atoms with Crippen LogP contribution in [0, 0.1) is 24.7 Å². The minimum Gasteiger partial charge on any atom is -0.496 e. The topological polar surface area (TPSA) is 12.5 Å². The second-order valence-corrected chi connectivity index (χ2v) is 11.8. The fraction of sp³-hybridized carbons (Fsp3) is 0.600. The molecule has 0 radical (unpaired) electrons. The quantitative estimate of drug-likeness (QED) is 0.494. The lowest BCUT2D eigenvalue weighted by molar-refractivity contribution is -0.00613. The Hall–Kier alpha value is -1.96. The predicted octanol–water partition coefficient (Wildman–Crippen LogP) is 7.68. The van der Waals surface area contributed by atoms with E-state index in [4.69, 9.17) is 4.74 Å². The van der Waals surface area contributed by atoms with Crippen LogP contribution in [0.3, 0.4) is 0 Å². The summed E-state index contributed by atoms with van der Waals surface area (Å²) in [5.41, 5.74) is 9.13. The van der Waals surface area contributed by atoms with Gasteiger partial charge in [0.25, 0.3) is 0 Å². The van der Waals surface area contributed by atoms with Crippen LogP contribution in [0.15, 0.2) is 30.3 Å². The molecule has 4 saturated carbocycles. The van der Waals surface area contributed by atoms with Gasteiger partial charge in [-0.2, -0.15) is 0 Å². The molecule has 1 aliphatic heterocycles. The molecule has 170 valence electrons. The number of aryl methyl sites for hydroxylation is 2. The number of rotatable bonds is 4. The van der Waals surface area contributed by atoms with Crippen LogP contribution in [0.1, 0.15) is 87.0 Å². The molecule has 2 nitrogen and oxygen atoms in total. The lowest BCUT2D eigenvalue weighted by Gasteiger charge is -2.57. The standard InChI is InChI=1S/C30H39NO/c1-19(2)26-14-24-6-5-9-31(28(24)10-20(26)3)25-7-8-29(32-4)27(15-25)30-16-21-11-22(17-30)13-23(12-21)18-30/h7-8,10,14-15,19,21-23H,5-6,9,11-13,16-18H2,1-4H3. The van der Waals surface area contributed by atoms with E-state index < -0.39 is 0 Å². The van der Waals surface area contributed by atoms with Crippen molar-refractivity contribution in [2.24, 2.45) is 17.8 Å². The van der Waals surface area contributed by atoms with Crippen molar-refractivity contribution in [3.05, 3.63) is 52.6 Å². The molecule has 4 bridgehead atoms. The number of hydrogen-bond donors (Lipinski definition) is 0. The average molecular weight is 430 g/mol. The van der Waals surface area contributed by atoms with Crippen LogP contribution >= 0.6 is 0 Å². The first-order valence-corrected chi connectivity index (χ1v) is 13.1. The Balaban J connectivity index is 1.42. The van der Waals surface area contributed by atoms with Crippen molar-refractivity contribution in [3.63, 3.8) is 0 Å². The third kappa shape index (κ3) is 3.20. The zero-order chi connectivity index (χ0) is 22.0. The molecule has 2 heteroatoms. The number of benzene rings is 2. The maximum Gasteiger partial charge on any atom is 0.122 e. The van der Waals surface area contributed by atoms with Crippen LogP contribution in [0.2, 0.25) is 0 Å². The van der Waals surface area contributed by atoms with E-state index in [1.165, 1.54) is 85.0 Å². The van der Waals surface area contributed by atoms with Gasteiger partial charge in [0.15, 0.2) is 0 Å². The molecule has 1 heterocycles. The summed E-state index contributed by atoms with van der Waals surface area (Å²) in [4.78, 5) is 2.60.